The van der Waals surface area contributed by atoms with E-state index in [2.05, 4.69) is 46.3 Å². The van der Waals surface area contributed by atoms with Crippen molar-refractivity contribution in [1.82, 2.24) is 0 Å². The molecule has 0 radical (unpaired) electrons. The predicted molar refractivity (Wildman–Crippen MR) is 81.1 cm³/mol. The molecule has 0 saturated heterocycles. The molecule has 0 aromatic heterocycles. The van der Waals surface area contributed by atoms with Gasteiger partial charge in [0.15, 0.2) is 0 Å². The molecule has 2 nitrogen and oxygen atoms in total. The van der Waals surface area contributed by atoms with Crippen molar-refractivity contribution in [3.05, 3.63) is 42.5 Å². The zero-order chi connectivity index (χ0) is 13.2. The third kappa shape index (κ3) is 2.63. The van der Waals surface area contributed by atoms with E-state index >= 15 is 0 Å². The van der Waals surface area contributed by atoms with E-state index in [1.165, 1.54) is 10.8 Å². The van der Waals surface area contributed by atoms with Gasteiger partial charge in [-0.25, -0.2) is 0 Å². The Bertz CT molecular complexity index is 569. The summed E-state index contributed by atoms with van der Waals surface area (Å²) in [6, 6.07) is 14.6. The molecule has 1 fully saturated rings. The quantitative estimate of drug-likeness (QED) is 0.787. The van der Waals surface area contributed by atoms with E-state index in [1.807, 2.05) is 19.1 Å². The Balaban J connectivity index is 1.75. The van der Waals surface area contributed by atoms with Crippen LogP contribution in [-0.4, -0.2) is 23.6 Å². The first-order valence-corrected chi connectivity index (χ1v) is 7.60. The molecule has 1 aliphatic carbocycles. The Morgan fingerprint density at radius 3 is 2.68 bits per heavy atom. The minimum absolute atomic E-state index is 0.158. The fourth-order valence-corrected chi connectivity index (χ4v) is 3.32. The summed E-state index contributed by atoms with van der Waals surface area (Å²) in [4.78, 5) is 0.415. The van der Waals surface area contributed by atoms with Gasteiger partial charge in [-0.05, 0) is 29.8 Å². The molecule has 100 valence electrons. The van der Waals surface area contributed by atoms with Crippen molar-refractivity contribution in [2.24, 2.45) is 0 Å². The molecule has 2 aromatic rings. The minimum atomic E-state index is 0.158. The fraction of sp³-hybridized carbons (Fsp3) is 0.375. The predicted octanol–water partition coefficient (Wildman–Crippen LogP) is 4.16. The number of ether oxygens (including phenoxy) is 2. The van der Waals surface area contributed by atoms with E-state index < -0.39 is 0 Å². The fourth-order valence-electron chi connectivity index (χ4n) is 2.46. The number of rotatable bonds is 4. The van der Waals surface area contributed by atoms with Crippen LogP contribution in [0.5, 0.6) is 5.75 Å². The molecule has 1 aliphatic rings. The summed E-state index contributed by atoms with van der Waals surface area (Å²) in [7, 11) is 0. The lowest BCUT2D eigenvalue weighted by Crippen LogP contribution is -2.52. The number of hydrogen-bond donors (Lipinski definition) is 0. The summed E-state index contributed by atoms with van der Waals surface area (Å²) < 4.78 is 11.7. The number of halogens is 1. The van der Waals surface area contributed by atoms with E-state index in [0.717, 1.165) is 18.8 Å². The van der Waals surface area contributed by atoms with Crippen molar-refractivity contribution < 1.29 is 9.47 Å². The SMILES string of the molecule is CCOC1C(Br)CC1Oc1ccc2ccccc2c1. The largest absolute Gasteiger partial charge is 0.488 e. The molecule has 0 spiro atoms. The van der Waals surface area contributed by atoms with Gasteiger partial charge in [-0.15, -0.1) is 0 Å². The summed E-state index contributed by atoms with van der Waals surface area (Å²) >= 11 is 3.62. The molecule has 1 saturated carbocycles. The van der Waals surface area contributed by atoms with Gasteiger partial charge in [-0.2, -0.15) is 0 Å². The molecule has 0 N–H and O–H groups in total. The Labute approximate surface area is 121 Å². The molecule has 3 unspecified atom stereocenters. The molecule has 3 rings (SSSR count). The van der Waals surface area contributed by atoms with Crippen LogP contribution >= 0.6 is 15.9 Å². The smallest absolute Gasteiger partial charge is 0.127 e. The van der Waals surface area contributed by atoms with Crippen molar-refractivity contribution in [2.75, 3.05) is 6.61 Å². The van der Waals surface area contributed by atoms with Gasteiger partial charge in [0, 0.05) is 17.9 Å². The number of fused-ring (bicyclic) bond motifs is 1. The lowest BCUT2D eigenvalue weighted by atomic mass is 9.91. The van der Waals surface area contributed by atoms with Crippen molar-refractivity contribution >= 4 is 26.7 Å². The van der Waals surface area contributed by atoms with Gasteiger partial charge in [0.1, 0.15) is 18.0 Å². The van der Waals surface area contributed by atoms with Gasteiger partial charge in [0.05, 0.1) is 0 Å². The van der Waals surface area contributed by atoms with Gasteiger partial charge in [0.2, 0.25) is 0 Å². The van der Waals surface area contributed by atoms with Crippen LogP contribution in [0.3, 0.4) is 0 Å². The lowest BCUT2D eigenvalue weighted by Gasteiger charge is -2.40. The van der Waals surface area contributed by atoms with Crippen molar-refractivity contribution in [3.8, 4) is 5.75 Å². The summed E-state index contributed by atoms with van der Waals surface area (Å²) in [5, 5.41) is 2.45. The van der Waals surface area contributed by atoms with Crippen LogP contribution in [0.2, 0.25) is 0 Å². The molecular weight excluding hydrogens is 304 g/mol. The maximum absolute atomic E-state index is 6.04. The van der Waals surface area contributed by atoms with Crippen LogP contribution in [0.4, 0.5) is 0 Å². The van der Waals surface area contributed by atoms with Gasteiger partial charge in [0.25, 0.3) is 0 Å². The first kappa shape index (κ1) is 12.9. The van der Waals surface area contributed by atoms with Crippen molar-refractivity contribution in [2.45, 2.75) is 30.4 Å². The second kappa shape index (κ2) is 5.51. The summed E-state index contributed by atoms with van der Waals surface area (Å²) in [6.07, 6.45) is 1.32. The molecule has 0 bridgehead atoms. The third-order valence-corrected chi connectivity index (χ3v) is 4.44. The highest BCUT2D eigenvalue weighted by Crippen LogP contribution is 2.34. The normalized spacial score (nSPS) is 26.1. The number of benzene rings is 2. The summed E-state index contributed by atoms with van der Waals surface area (Å²) in [5.74, 6) is 0.924. The van der Waals surface area contributed by atoms with Crippen LogP contribution in [0.1, 0.15) is 13.3 Å². The molecule has 0 amide bonds. The Morgan fingerprint density at radius 2 is 1.95 bits per heavy atom. The molecule has 0 aliphatic heterocycles. The molecule has 3 heteroatoms. The zero-order valence-electron chi connectivity index (χ0n) is 10.9. The topological polar surface area (TPSA) is 18.5 Å². The number of alkyl halides is 1. The van der Waals surface area contributed by atoms with Gasteiger partial charge < -0.3 is 9.47 Å². The Kier molecular flexibility index (Phi) is 3.76. The van der Waals surface area contributed by atoms with Crippen molar-refractivity contribution in [3.63, 3.8) is 0 Å². The second-order valence-corrected chi connectivity index (χ2v) is 6.01. The first-order chi connectivity index (χ1) is 9.28. The number of hydrogen-bond acceptors (Lipinski definition) is 2. The summed E-state index contributed by atoms with van der Waals surface area (Å²) in [6.45, 7) is 2.75. The standard InChI is InChI=1S/C16H17BrO2/c1-2-18-16-14(17)10-15(16)19-13-8-7-11-5-3-4-6-12(11)9-13/h3-9,14-16H,2,10H2,1H3. The molecule has 3 atom stereocenters. The first-order valence-electron chi connectivity index (χ1n) is 6.69. The highest BCUT2D eigenvalue weighted by Gasteiger charge is 2.42. The average Bonchev–Trinajstić information content (AvgIpc) is 2.44. The molecule has 0 heterocycles. The van der Waals surface area contributed by atoms with E-state index in [9.17, 15) is 0 Å². The molecule has 2 aromatic carbocycles. The van der Waals surface area contributed by atoms with E-state index in [4.69, 9.17) is 9.47 Å². The van der Waals surface area contributed by atoms with Crippen LogP contribution in [0.25, 0.3) is 10.8 Å². The maximum atomic E-state index is 6.04. The van der Waals surface area contributed by atoms with E-state index in [-0.39, 0.29) is 12.2 Å². The van der Waals surface area contributed by atoms with Gasteiger partial charge in [-0.1, -0.05) is 46.3 Å². The second-order valence-electron chi connectivity index (χ2n) is 4.84. The minimum Gasteiger partial charge on any atom is -0.488 e. The monoisotopic (exact) mass is 320 g/mol. The highest BCUT2D eigenvalue weighted by molar-refractivity contribution is 9.09. The van der Waals surface area contributed by atoms with E-state index in [1.54, 1.807) is 0 Å². The van der Waals surface area contributed by atoms with Crippen LogP contribution in [-0.2, 0) is 4.74 Å². The Morgan fingerprint density at radius 1 is 1.16 bits per heavy atom. The van der Waals surface area contributed by atoms with Crippen LogP contribution in [0.15, 0.2) is 42.5 Å². The van der Waals surface area contributed by atoms with Crippen LogP contribution in [0, 0.1) is 0 Å². The lowest BCUT2D eigenvalue weighted by molar-refractivity contribution is -0.0722. The zero-order valence-corrected chi connectivity index (χ0v) is 12.5. The van der Waals surface area contributed by atoms with Gasteiger partial charge in [-0.3, -0.25) is 0 Å². The maximum Gasteiger partial charge on any atom is 0.127 e. The Hall–Kier alpha value is -1.06. The molecular formula is C16H17BrO2. The summed E-state index contributed by atoms with van der Waals surface area (Å²) in [5.41, 5.74) is 0. The molecule has 19 heavy (non-hydrogen) atoms. The van der Waals surface area contributed by atoms with E-state index in [0.29, 0.717) is 4.83 Å². The van der Waals surface area contributed by atoms with Crippen LogP contribution < -0.4 is 4.74 Å². The van der Waals surface area contributed by atoms with Gasteiger partial charge >= 0.3 is 0 Å². The van der Waals surface area contributed by atoms with Crippen molar-refractivity contribution in [1.29, 1.82) is 0 Å². The highest BCUT2D eigenvalue weighted by atomic mass is 79.9. The third-order valence-electron chi connectivity index (χ3n) is 3.55. The average molecular weight is 321 g/mol.